The van der Waals surface area contributed by atoms with Crippen LogP contribution < -0.4 is 5.32 Å². The molecule has 0 saturated carbocycles. The van der Waals surface area contributed by atoms with Crippen molar-refractivity contribution in [2.45, 2.75) is 58.5 Å². The molecule has 3 saturated heterocycles. The summed E-state index contributed by atoms with van der Waals surface area (Å²) in [7, 11) is 0. The number of likely N-dealkylation sites (tertiary alicyclic amines) is 2. The fraction of sp³-hybridized carbons (Fsp3) is 0.441. The number of nitrogens with zero attached hydrogens (tertiary/aromatic N) is 3. The molecule has 10 heteroatoms. The van der Waals surface area contributed by atoms with Crippen molar-refractivity contribution in [3.8, 4) is 0 Å². The molecule has 228 valence electrons. The average molecular weight is 615 g/mol. The van der Waals surface area contributed by atoms with Crippen molar-refractivity contribution < 1.29 is 24.0 Å². The predicted octanol–water partition coefficient (Wildman–Crippen LogP) is 4.05. The Morgan fingerprint density at radius 1 is 0.909 bits per heavy atom. The monoisotopic (exact) mass is 614 g/mol. The number of hydrogen-bond donors (Lipinski definition) is 1. The van der Waals surface area contributed by atoms with Crippen LogP contribution in [0.5, 0.6) is 0 Å². The van der Waals surface area contributed by atoms with E-state index in [2.05, 4.69) is 19.2 Å². The van der Waals surface area contributed by atoms with Gasteiger partial charge in [-0.05, 0) is 78.1 Å². The van der Waals surface area contributed by atoms with Crippen LogP contribution in [0.4, 0.5) is 0 Å². The van der Waals surface area contributed by atoms with Gasteiger partial charge >= 0.3 is 0 Å². The lowest BCUT2D eigenvalue weighted by atomic mass is 9.70. The van der Waals surface area contributed by atoms with E-state index in [-0.39, 0.29) is 47.4 Å². The second kappa shape index (κ2) is 10.3. The number of piperidine rings is 1. The quantitative estimate of drug-likeness (QED) is 0.523. The Hall–Kier alpha value is -3.98. The summed E-state index contributed by atoms with van der Waals surface area (Å²) >= 11 is 6.13. The summed E-state index contributed by atoms with van der Waals surface area (Å²) in [5.41, 5.74) is 4.81. The number of carbonyl (C=O) groups excluding carboxylic acids is 5. The Kier molecular flexibility index (Phi) is 6.73. The second-order valence-corrected chi connectivity index (χ2v) is 14.3. The van der Waals surface area contributed by atoms with E-state index in [1.165, 1.54) is 4.90 Å². The van der Waals surface area contributed by atoms with Gasteiger partial charge in [0, 0.05) is 66.3 Å². The van der Waals surface area contributed by atoms with E-state index in [4.69, 9.17) is 11.6 Å². The smallest absolute Gasteiger partial charge is 0.255 e. The van der Waals surface area contributed by atoms with Crippen molar-refractivity contribution >= 4 is 46.7 Å². The van der Waals surface area contributed by atoms with Crippen molar-refractivity contribution in [1.29, 1.82) is 0 Å². The van der Waals surface area contributed by atoms with E-state index in [0.717, 1.165) is 36.0 Å². The van der Waals surface area contributed by atoms with Gasteiger partial charge in [0.1, 0.15) is 6.04 Å². The van der Waals surface area contributed by atoms with E-state index in [9.17, 15) is 24.0 Å². The number of nitrogens with one attached hydrogen (secondary N) is 1. The largest absolute Gasteiger partial charge is 0.337 e. The van der Waals surface area contributed by atoms with Gasteiger partial charge in [-0.2, -0.15) is 0 Å². The molecule has 2 aromatic rings. The highest BCUT2D eigenvalue weighted by molar-refractivity contribution is 6.30. The first-order valence-corrected chi connectivity index (χ1v) is 15.6. The minimum atomic E-state index is -0.690. The Balaban J connectivity index is 0.989. The lowest BCUT2D eigenvalue weighted by molar-refractivity contribution is -0.150. The normalized spacial score (nSPS) is 23.8. The summed E-state index contributed by atoms with van der Waals surface area (Å²) in [6.45, 7) is 7.17. The molecule has 0 radical (unpaired) electrons. The molecule has 9 nitrogen and oxygen atoms in total. The number of halogens is 1. The molecule has 5 amide bonds. The molecule has 4 aliphatic heterocycles. The van der Waals surface area contributed by atoms with Gasteiger partial charge in [0.2, 0.25) is 17.7 Å². The molecule has 1 atom stereocenters. The van der Waals surface area contributed by atoms with E-state index >= 15 is 0 Å². The third-order valence-electron chi connectivity index (χ3n) is 9.97. The molecule has 1 spiro atoms. The number of allylic oxidation sites excluding steroid dienone is 1. The lowest BCUT2D eigenvalue weighted by Gasteiger charge is -2.60. The van der Waals surface area contributed by atoms with E-state index in [0.29, 0.717) is 54.3 Å². The van der Waals surface area contributed by atoms with Gasteiger partial charge in [0.05, 0.1) is 0 Å². The molecule has 4 heterocycles. The number of benzene rings is 2. The molecule has 1 aliphatic carbocycles. The SMILES string of the molecule is CC1(C)CCC(C(=O)N2CC3(C2)CN(C(=O)c2ccc4c(c2)CN(C2CCC(=O)NC2=O)C4=O)C3)=C(c2ccc(Cl)cc2)C1. The fourth-order valence-corrected chi connectivity index (χ4v) is 7.67. The van der Waals surface area contributed by atoms with E-state index in [1.54, 1.807) is 23.1 Å². The van der Waals surface area contributed by atoms with E-state index in [1.807, 2.05) is 29.2 Å². The topological polar surface area (TPSA) is 107 Å². The van der Waals surface area contributed by atoms with Gasteiger partial charge < -0.3 is 14.7 Å². The third kappa shape index (κ3) is 4.91. The van der Waals surface area contributed by atoms with Gasteiger partial charge in [-0.25, -0.2) is 0 Å². The van der Waals surface area contributed by atoms with Gasteiger partial charge in [-0.1, -0.05) is 37.6 Å². The molecule has 1 N–H and O–H groups in total. The first-order valence-electron chi connectivity index (χ1n) is 15.3. The Morgan fingerprint density at radius 3 is 2.27 bits per heavy atom. The van der Waals surface area contributed by atoms with E-state index < -0.39 is 11.9 Å². The van der Waals surface area contributed by atoms with Crippen molar-refractivity contribution in [2.24, 2.45) is 10.8 Å². The predicted molar refractivity (Wildman–Crippen MR) is 163 cm³/mol. The molecule has 0 bridgehead atoms. The number of carbonyl (C=O) groups is 5. The fourth-order valence-electron chi connectivity index (χ4n) is 7.55. The van der Waals surface area contributed by atoms with Crippen LogP contribution in [-0.4, -0.2) is 76.5 Å². The first-order chi connectivity index (χ1) is 20.9. The Bertz CT molecular complexity index is 1650. The molecular weight excluding hydrogens is 580 g/mol. The summed E-state index contributed by atoms with van der Waals surface area (Å²) in [5.74, 6) is -1.04. The van der Waals surface area contributed by atoms with Crippen LogP contribution in [0.1, 0.15) is 77.8 Å². The maximum atomic E-state index is 13.7. The maximum Gasteiger partial charge on any atom is 0.255 e. The van der Waals surface area contributed by atoms with Crippen LogP contribution in [0.2, 0.25) is 5.02 Å². The number of imide groups is 1. The summed E-state index contributed by atoms with van der Waals surface area (Å²) in [6, 6.07) is 12.1. The highest BCUT2D eigenvalue weighted by Gasteiger charge is 2.55. The molecule has 0 aromatic heterocycles. The molecule has 7 rings (SSSR count). The summed E-state index contributed by atoms with van der Waals surface area (Å²) in [5, 5.41) is 2.99. The lowest BCUT2D eigenvalue weighted by Crippen LogP contribution is -2.73. The average Bonchev–Trinajstić information content (AvgIpc) is 3.26. The summed E-state index contributed by atoms with van der Waals surface area (Å²) < 4.78 is 0. The zero-order chi connectivity index (χ0) is 31.0. The van der Waals surface area contributed by atoms with Crippen molar-refractivity contribution in [3.05, 3.63) is 75.3 Å². The summed E-state index contributed by atoms with van der Waals surface area (Å²) in [4.78, 5) is 69.2. The number of amides is 5. The third-order valence-corrected chi connectivity index (χ3v) is 10.2. The van der Waals surface area contributed by atoms with Crippen LogP contribution in [0.15, 0.2) is 48.0 Å². The van der Waals surface area contributed by atoms with Gasteiger partial charge in [0.15, 0.2) is 0 Å². The van der Waals surface area contributed by atoms with Crippen LogP contribution in [0.25, 0.3) is 5.57 Å². The number of fused-ring (bicyclic) bond motifs is 1. The van der Waals surface area contributed by atoms with Crippen LogP contribution in [-0.2, 0) is 20.9 Å². The molecule has 5 aliphatic rings. The molecule has 1 unspecified atom stereocenters. The zero-order valence-corrected chi connectivity index (χ0v) is 25.7. The first kappa shape index (κ1) is 28.8. The molecular formula is C34H35ClN4O5. The van der Waals surface area contributed by atoms with Crippen LogP contribution in [0.3, 0.4) is 0 Å². The minimum Gasteiger partial charge on any atom is -0.337 e. The standard InChI is InChI=1S/C34H35ClN4O5/c1-33(2)12-11-25(26(14-33)20-3-6-23(35)7-4-20)31(43)38-18-34(19-38)16-37(17-34)30(42)21-5-8-24-22(13-21)15-39(32(24)44)27-9-10-28(40)36-29(27)41/h3-8,13,27H,9-12,14-19H2,1-2H3,(H,36,40,41). The Labute approximate surface area is 261 Å². The summed E-state index contributed by atoms with van der Waals surface area (Å²) in [6.07, 6.45) is 3.04. The highest BCUT2D eigenvalue weighted by atomic mass is 35.5. The van der Waals surface area contributed by atoms with Crippen LogP contribution in [0, 0.1) is 10.8 Å². The molecule has 3 fully saturated rings. The molecule has 2 aromatic carbocycles. The van der Waals surface area contributed by atoms with Crippen molar-refractivity contribution in [2.75, 3.05) is 26.2 Å². The van der Waals surface area contributed by atoms with Crippen LogP contribution >= 0.6 is 11.6 Å². The number of rotatable bonds is 4. The maximum absolute atomic E-state index is 13.7. The van der Waals surface area contributed by atoms with Gasteiger partial charge in [-0.15, -0.1) is 0 Å². The zero-order valence-electron chi connectivity index (χ0n) is 25.0. The van der Waals surface area contributed by atoms with Gasteiger partial charge in [0.25, 0.3) is 11.8 Å². The Morgan fingerprint density at radius 2 is 1.59 bits per heavy atom. The van der Waals surface area contributed by atoms with Gasteiger partial charge in [-0.3, -0.25) is 29.3 Å². The highest BCUT2D eigenvalue weighted by Crippen LogP contribution is 2.46. The molecule has 44 heavy (non-hydrogen) atoms. The van der Waals surface area contributed by atoms with Crippen molar-refractivity contribution in [1.82, 2.24) is 20.0 Å². The number of hydrogen-bond acceptors (Lipinski definition) is 5. The second-order valence-electron chi connectivity index (χ2n) is 13.9. The minimum absolute atomic E-state index is 0.0739. The van der Waals surface area contributed by atoms with Crippen molar-refractivity contribution in [3.63, 3.8) is 0 Å².